The Bertz CT molecular complexity index is 1210. The molecule has 2 aromatic carbocycles. The molecule has 8 nitrogen and oxygen atoms in total. The molecule has 0 N–H and O–H groups in total. The Balaban J connectivity index is 1.78. The lowest BCUT2D eigenvalue weighted by Crippen LogP contribution is -2.03. The van der Waals surface area contributed by atoms with E-state index in [4.69, 9.17) is 23.0 Å². The third-order valence-corrected chi connectivity index (χ3v) is 4.23. The first-order valence-corrected chi connectivity index (χ1v) is 8.31. The molecule has 0 aliphatic rings. The van der Waals surface area contributed by atoms with E-state index in [1.54, 1.807) is 49.6 Å². The van der Waals surface area contributed by atoms with Crippen LogP contribution in [0.25, 0.3) is 33.9 Å². The average Bonchev–Trinajstić information content (AvgIpc) is 3.22. The number of fused-ring (bicyclic) bond motifs is 1. The van der Waals surface area contributed by atoms with Crippen molar-refractivity contribution in [2.75, 3.05) is 21.3 Å². The number of hydrogen-bond donors (Lipinski definition) is 0. The summed E-state index contributed by atoms with van der Waals surface area (Å²) >= 11 is 0. The van der Waals surface area contributed by atoms with E-state index >= 15 is 0 Å². The molecular formula is C20H16N2O6. The van der Waals surface area contributed by atoms with Crippen LogP contribution in [0.1, 0.15) is 0 Å². The summed E-state index contributed by atoms with van der Waals surface area (Å²) in [5.41, 5.74) is 0.557. The fourth-order valence-electron chi connectivity index (χ4n) is 2.85. The number of rotatable bonds is 5. The molecule has 0 radical (unpaired) electrons. The summed E-state index contributed by atoms with van der Waals surface area (Å²) in [6.07, 6.45) is 0. The maximum atomic E-state index is 12.4. The van der Waals surface area contributed by atoms with Crippen molar-refractivity contribution in [3.05, 3.63) is 52.9 Å². The second-order valence-corrected chi connectivity index (χ2v) is 5.81. The molecule has 8 heteroatoms. The monoisotopic (exact) mass is 380 g/mol. The number of aromatic nitrogens is 2. The van der Waals surface area contributed by atoms with Gasteiger partial charge < -0.3 is 23.0 Å². The molecule has 0 fully saturated rings. The minimum absolute atomic E-state index is 0.0586. The Kier molecular flexibility index (Phi) is 4.44. The van der Waals surface area contributed by atoms with Gasteiger partial charge in [-0.05, 0) is 30.3 Å². The van der Waals surface area contributed by atoms with E-state index in [2.05, 4.69) is 10.2 Å². The molecule has 2 aromatic heterocycles. The maximum absolute atomic E-state index is 12.4. The SMILES string of the molecule is COc1ccc(-c2nnc(-c3cc4cccc(OC)c4oc3=O)o2)cc1OC. The second-order valence-electron chi connectivity index (χ2n) is 5.81. The first-order chi connectivity index (χ1) is 13.6. The molecule has 0 aliphatic heterocycles. The van der Waals surface area contributed by atoms with Gasteiger partial charge in [0.2, 0.25) is 5.89 Å². The number of hydrogen-bond acceptors (Lipinski definition) is 8. The first-order valence-electron chi connectivity index (χ1n) is 8.31. The van der Waals surface area contributed by atoms with E-state index in [1.165, 1.54) is 14.2 Å². The van der Waals surface area contributed by atoms with Gasteiger partial charge in [0, 0.05) is 10.9 Å². The Morgan fingerprint density at radius 2 is 1.54 bits per heavy atom. The Morgan fingerprint density at radius 3 is 2.29 bits per heavy atom. The molecule has 142 valence electrons. The summed E-state index contributed by atoms with van der Waals surface area (Å²) in [5.74, 6) is 1.87. The Hall–Kier alpha value is -3.81. The van der Waals surface area contributed by atoms with Crippen molar-refractivity contribution >= 4 is 11.0 Å². The molecule has 2 heterocycles. The van der Waals surface area contributed by atoms with Gasteiger partial charge in [-0.1, -0.05) is 12.1 Å². The van der Waals surface area contributed by atoms with E-state index < -0.39 is 5.63 Å². The van der Waals surface area contributed by atoms with Gasteiger partial charge in [0.05, 0.1) is 21.3 Å². The van der Waals surface area contributed by atoms with Gasteiger partial charge in [-0.3, -0.25) is 0 Å². The molecule has 0 amide bonds. The van der Waals surface area contributed by atoms with Crippen molar-refractivity contribution in [3.8, 4) is 40.2 Å². The van der Waals surface area contributed by atoms with Gasteiger partial charge in [0.1, 0.15) is 5.56 Å². The second kappa shape index (κ2) is 7.07. The standard InChI is InChI=1S/C20H16N2O6/c1-24-14-8-7-12(10-16(14)26-3)18-21-22-19(28-18)13-9-11-5-4-6-15(25-2)17(11)27-20(13)23/h4-10H,1-3H3. The summed E-state index contributed by atoms with van der Waals surface area (Å²) in [6.45, 7) is 0. The van der Waals surface area contributed by atoms with Gasteiger partial charge in [-0.2, -0.15) is 0 Å². The van der Waals surface area contributed by atoms with Crippen LogP contribution in [-0.4, -0.2) is 31.5 Å². The molecule has 4 aromatic rings. The summed E-state index contributed by atoms with van der Waals surface area (Å²) < 4.78 is 26.8. The topological polar surface area (TPSA) is 96.8 Å². The van der Waals surface area contributed by atoms with Gasteiger partial charge in [0.25, 0.3) is 5.89 Å². The fraction of sp³-hybridized carbons (Fsp3) is 0.150. The normalized spacial score (nSPS) is 10.8. The summed E-state index contributed by atoms with van der Waals surface area (Å²) in [6, 6.07) is 12.1. The molecule has 0 aliphatic carbocycles. The third-order valence-electron chi connectivity index (χ3n) is 4.23. The largest absolute Gasteiger partial charge is 0.493 e. The smallest absolute Gasteiger partial charge is 0.349 e. The van der Waals surface area contributed by atoms with Crippen molar-refractivity contribution in [2.45, 2.75) is 0 Å². The highest BCUT2D eigenvalue weighted by molar-refractivity contribution is 5.85. The fourth-order valence-corrected chi connectivity index (χ4v) is 2.85. The van der Waals surface area contributed by atoms with Crippen LogP contribution in [0.4, 0.5) is 0 Å². The Morgan fingerprint density at radius 1 is 0.786 bits per heavy atom. The van der Waals surface area contributed by atoms with E-state index in [0.717, 1.165) is 0 Å². The first kappa shape index (κ1) is 17.6. The molecule has 4 rings (SSSR count). The number of benzene rings is 2. The zero-order chi connectivity index (χ0) is 19.7. The van der Waals surface area contributed by atoms with Crippen molar-refractivity contribution in [2.24, 2.45) is 0 Å². The van der Waals surface area contributed by atoms with E-state index in [9.17, 15) is 4.79 Å². The lowest BCUT2D eigenvalue weighted by molar-refractivity contribution is 0.355. The van der Waals surface area contributed by atoms with Crippen molar-refractivity contribution in [3.63, 3.8) is 0 Å². The molecule has 28 heavy (non-hydrogen) atoms. The van der Waals surface area contributed by atoms with Gasteiger partial charge in [0.15, 0.2) is 22.8 Å². The molecule has 0 saturated carbocycles. The third kappa shape index (κ3) is 2.94. The van der Waals surface area contributed by atoms with Crippen LogP contribution in [0.15, 0.2) is 56.1 Å². The number of ether oxygens (including phenoxy) is 3. The van der Waals surface area contributed by atoms with Crippen LogP contribution in [-0.2, 0) is 0 Å². The van der Waals surface area contributed by atoms with Crippen LogP contribution in [0, 0.1) is 0 Å². The van der Waals surface area contributed by atoms with E-state index in [-0.39, 0.29) is 17.3 Å². The highest BCUT2D eigenvalue weighted by Crippen LogP contribution is 2.33. The number of nitrogens with zero attached hydrogens (tertiary/aromatic N) is 2. The van der Waals surface area contributed by atoms with Gasteiger partial charge >= 0.3 is 5.63 Å². The zero-order valence-electron chi connectivity index (χ0n) is 15.4. The maximum Gasteiger partial charge on any atom is 0.349 e. The van der Waals surface area contributed by atoms with Crippen molar-refractivity contribution < 1.29 is 23.0 Å². The highest BCUT2D eigenvalue weighted by atomic mass is 16.5. The van der Waals surface area contributed by atoms with Crippen LogP contribution in [0.3, 0.4) is 0 Å². The molecule has 0 atom stereocenters. The number of para-hydroxylation sites is 1. The summed E-state index contributed by atoms with van der Waals surface area (Å²) in [7, 11) is 4.60. The van der Waals surface area contributed by atoms with Crippen molar-refractivity contribution in [1.29, 1.82) is 0 Å². The van der Waals surface area contributed by atoms with Crippen LogP contribution in [0.5, 0.6) is 17.2 Å². The minimum Gasteiger partial charge on any atom is -0.493 e. The van der Waals surface area contributed by atoms with Crippen molar-refractivity contribution in [1.82, 2.24) is 10.2 Å². The molecule has 0 spiro atoms. The predicted octanol–water partition coefficient (Wildman–Crippen LogP) is 3.54. The van der Waals surface area contributed by atoms with Crippen LogP contribution >= 0.6 is 0 Å². The van der Waals surface area contributed by atoms with Gasteiger partial charge in [-0.15, -0.1) is 10.2 Å². The predicted molar refractivity (Wildman–Crippen MR) is 101 cm³/mol. The quantitative estimate of drug-likeness (QED) is 0.485. The molecule has 0 saturated heterocycles. The van der Waals surface area contributed by atoms with E-state index in [1.807, 2.05) is 0 Å². The summed E-state index contributed by atoms with van der Waals surface area (Å²) in [4.78, 5) is 12.4. The molecule has 0 unspecified atom stereocenters. The lowest BCUT2D eigenvalue weighted by atomic mass is 10.1. The lowest BCUT2D eigenvalue weighted by Gasteiger charge is -2.07. The summed E-state index contributed by atoms with van der Waals surface area (Å²) in [5, 5.41) is 8.70. The minimum atomic E-state index is -0.598. The van der Waals surface area contributed by atoms with Crippen LogP contribution in [0.2, 0.25) is 0 Å². The Labute approximate surface area is 159 Å². The van der Waals surface area contributed by atoms with E-state index in [0.29, 0.717) is 33.8 Å². The molecule has 0 bridgehead atoms. The van der Waals surface area contributed by atoms with Gasteiger partial charge in [-0.25, -0.2) is 4.79 Å². The molecular weight excluding hydrogens is 364 g/mol. The van der Waals surface area contributed by atoms with Crippen LogP contribution < -0.4 is 19.8 Å². The average molecular weight is 380 g/mol. The number of methoxy groups -OCH3 is 3. The highest BCUT2D eigenvalue weighted by Gasteiger charge is 2.18. The zero-order valence-corrected chi connectivity index (χ0v) is 15.4.